The van der Waals surface area contributed by atoms with E-state index in [1.807, 2.05) is 24.3 Å². The molecular weight excluding hydrogens is 368 g/mol. The van der Waals surface area contributed by atoms with Crippen LogP contribution in [0, 0.1) is 6.92 Å². The first-order chi connectivity index (χ1) is 14.0. The van der Waals surface area contributed by atoms with Crippen LogP contribution >= 0.6 is 0 Å². The van der Waals surface area contributed by atoms with Crippen molar-refractivity contribution in [2.75, 3.05) is 28.4 Å². The van der Waals surface area contributed by atoms with E-state index >= 15 is 0 Å². The number of fused-ring (bicyclic) bond motifs is 3. The lowest BCUT2D eigenvalue weighted by Crippen LogP contribution is -2.32. The van der Waals surface area contributed by atoms with Gasteiger partial charge in [0, 0.05) is 17.9 Å². The number of nitrogens with zero attached hydrogens (tertiary/aromatic N) is 2. The molecule has 0 bridgehead atoms. The van der Waals surface area contributed by atoms with Crippen molar-refractivity contribution in [3.05, 3.63) is 48.4 Å². The summed E-state index contributed by atoms with van der Waals surface area (Å²) in [6, 6.07) is 12.1. The van der Waals surface area contributed by atoms with Crippen LogP contribution in [0.15, 0.2) is 42.6 Å². The highest BCUT2D eigenvalue weighted by Crippen LogP contribution is 2.38. The summed E-state index contributed by atoms with van der Waals surface area (Å²) in [5, 5.41) is 2.16. The van der Waals surface area contributed by atoms with E-state index in [1.165, 1.54) is 0 Å². The smallest absolute Gasteiger partial charge is 0.258 e. The Morgan fingerprint density at radius 2 is 1.38 bits per heavy atom. The van der Waals surface area contributed by atoms with E-state index in [1.54, 1.807) is 28.4 Å². The fraction of sp³-hybridized carbons (Fsp3) is 0.261. The zero-order chi connectivity index (χ0) is 20.7. The number of aryl methyl sites for hydroxylation is 1. The van der Waals surface area contributed by atoms with Crippen molar-refractivity contribution in [2.24, 2.45) is 7.05 Å². The summed E-state index contributed by atoms with van der Waals surface area (Å²) in [6.07, 6.45) is 2.09. The number of pyridine rings is 1. The molecule has 0 aliphatic heterocycles. The first kappa shape index (κ1) is 18.9. The average Bonchev–Trinajstić information content (AvgIpc) is 3.02. The Kier molecular flexibility index (Phi) is 4.70. The lowest BCUT2D eigenvalue weighted by Gasteiger charge is -2.10. The predicted octanol–water partition coefficient (Wildman–Crippen LogP) is 3.93. The monoisotopic (exact) mass is 393 g/mol. The van der Waals surface area contributed by atoms with Crippen LogP contribution in [0.1, 0.15) is 5.82 Å². The standard InChI is InChI=1S/C23H25N2O4/c1-14-24(2)22(16-7-8-18(26-3)19(12-16)27-4)23-17-13-21(29-6)20(28-5)11-15(17)9-10-25(14)23/h7-13H,1-6H3/q+1. The first-order valence-corrected chi connectivity index (χ1v) is 9.31. The van der Waals surface area contributed by atoms with Gasteiger partial charge in [-0.25, -0.2) is 4.57 Å². The second-order valence-corrected chi connectivity index (χ2v) is 6.85. The fourth-order valence-corrected chi connectivity index (χ4v) is 3.90. The van der Waals surface area contributed by atoms with Crippen molar-refractivity contribution < 1.29 is 23.5 Å². The topological polar surface area (TPSA) is 45.2 Å². The van der Waals surface area contributed by atoms with Gasteiger partial charge in [0.1, 0.15) is 0 Å². The van der Waals surface area contributed by atoms with Crippen LogP contribution in [0.25, 0.3) is 27.5 Å². The molecule has 6 nitrogen and oxygen atoms in total. The van der Waals surface area contributed by atoms with Crippen molar-refractivity contribution in [2.45, 2.75) is 6.92 Å². The van der Waals surface area contributed by atoms with Gasteiger partial charge in [0.2, 0.25) is 0 Å². The Hall–Kier alpha value is -3.41. The van der Waals surface area contributed by atoms with Gasteiger partial charge in [-0.3, -0.25) is 0 Å². The number of hydrogen-bond acceptors (Lipinski definition) is 4. The van der Waals surface area contributed by atoms with Crippen LogP contribution in [0.4, 0.5) is 0 Å². The molecule has 4 aromatic rings. The number of imidazole rings is 1. The Bertz CT molecular complexity index is 1230. The Morgan fingerprint density at radius 3 is 2.03 bits per heavy atom. The molecule has 6 heteroatoms. The summed E-state index contributed by atoms with van der Waals surface area (Å²) in [7, 11) is 8.67. The fourth-order valence-electron chi connectivity index (χ4n) is 3.90. The number of rotatable bonds is 5. The van der Waals surface area contributed by atoms with E-state index < -0.39 is 0 Å². The molecule has 4 rings (SSSR count). The second-order valence-electron chi connectivity index (χ2n) is 6.85. The van der Waals surface area contributed by atoms with Crippen molar-refractivity contribution in [3.63, 3.8) is 0 Å². The summed E-state index contributed by atoms with van der Waals surface area (Å²) in [6.45, 7) is 2.10. The van der Waals surface area contributed by atoms with Gasteiger partial charge >= 0.3 is 0 Å². The highest BCUT2D eigenvalue weighted by atomic mass is 16.5. The third-order valence-corrected chi connectivity index (χ3v) is 5.51. The van der Waals surface area contributed by atoms with Crippen LogP contribution in [-0.2, 0) is 7.05 Å². The summed E-state index contributed by atoms with van der Waals surface area (Å²) < 4.78 is 26.4. The van der Waals surface area contributed by atoms with Gasteiger partial charge in [-0.1, -0.05) is 0 Å². The predicted molar refractivity (Wildman–Crippen MR) is 112 cm³/mol. The minimum atomic E-state index is 0.696. The second kappa shape index (κ2) is 7.20. The van der Waals surface area contributed by atoms with E-state index in [0.29, 0.717) is 23.0 Å². The lowest BCUT2D eigenvalue weighted by molar-refractivity contribution is -0.665. The quantitative estimate of drug-likeness (QED) is 0.482. The van der Waals surface area contributed by atoms with Crippen LogP contribution < -0.4 is 23.5 Å². The molecule has 0 N–H and O–H groups in total. The Morgan fingerprint density at radius 1 is 0.759 bits per heavy atom. The van der Waals surface area contributed by atoms with Gasteiger partial charge in [0.05, 0.1) is 41.7 Å². The van der Waals surface area contributed by atoms with Crippen LogP contribution in [0.2, 0.25) is 0 Å². The maximum absolute atomic E-state index is 5.57. The summed E-state index contributed by atoms with van der Waals surface area (Å²) in [5.74, 6) is 3.93. The molecule has 0 radical (unpaired) electrons. The molecule has 0 saturated heterocycles. The molecule has 0 saturated carbocycles. The molecule has 0 aliphatic rings. The Labute approximate surface area is 169 Å². The van der Waals surface area contributed by atoms with Crippen LogP contribution in [-0.4, -0.2) is 32.8 Å². The van der Waals surface area contributed by atoms with Crippen molar-refractivity contribution >= 4 is 16.3 Å². The maximum atomic E-state index is 5.57. The third kappa shape index (κ3) is 2.83. The highest BCUT2D eigenvalue weighted by Gasteiger charge is 2.25. The number of ether oxygens (including phenoxy) is 4. The van der Waals surface area contributed by atoms with Gasteiger partial charge < -0.3 is 18.9 Å². The van der Waals surface area contributed by atoms with E-state index in [0.717, 1.165) is 33.4 Å². The molecule has 2 aromatic carbocycles. The Balaban J connectivity index is 2.11. The van der Waals surface area contributed by atoms with Crippen LogP contribution in [0.5, 0.6) is 23.0 Å². The van der Waals surface area contributed by atoms with Gasteiger partial charge in [0.25, 0.3) is 5.82 Å². The molecular formula is C23H25N2O4+. The molecule has 0 unspecified atom stereocenters. The molecule has 0 amide bonds. The van der Waals surface area contributed by atoms with E-state index in [-0.39, 0.29) is 0 Å². The van der Waals surface area contributed by atoms with Crippen LogP contribution in [0.3, 0.4) is 0 Å². The number of benzene rings is 2. The van der Waals surface area contributed by atoms with E-state index in [9.17, 15) is 0 Å². The minimum absolute atomic E-state index is 0.696. The van der Waals surface area contributed by atoms with Gasteiger partial charge in [-0.15, -0.1) is 0 Å². The first-order valence-electron chi connectivity index (χ1n) is 9.31. The van der Waals surface area contributed by atoms with Gasteiger partial charge in [-0.05, 0) is 41.8 Å². The molecule has 2 aromatic heterocycles. The van der Waals surface area contributed by atoms with Crippen molar-refractivity contribution in [3.8, 4) is 34.3 Å². The largest absolute Gasteiger partial charge is 0.493 e. The normalized spacial score (nSPS) is 11.1. The zero-order valence-corrected chi connectivity index (χ0v) is 17.6. The number of aromatic nitrogens is 2. The number of methoxy groups -OCH3 is 4. The third-order valence-electron chi connectivity index (χ3n) is 5.51. The number of hydrogen-bond donors (Lipinski definition) is 0. The summed E-state index contributed by atoms with van der Waals surface area (Å²) in [5.41, 5.74) is 3.22. The van der Waals surface area contributed by atoms with E-state index in [2.05, 4.69) is 41.3 Å². The highest BCUT2D eigenvalue weighted by molar-refractivity contribution is 6.03. The molecule has 150 valence electrons. The molecule has 0 fully saturated rings. The van der Waals surface area contributed by atoms with Crippen molar-refractivity contribution in [1.29, 1.82) is 0 Å². The summed E-state index contributed by atoms with van der Waals surface area (Å²) in [4.78, 5) is 0. The zero-order valence-electron chi connectivity index (χ0n) is 17.6. The molecule has 2 heterocycles. The molecule has 0 atom stereocenters. The van der Waals surface area contributed by atoms with E-state index in [4.69, 9.17) is 18.9 Å². The lowest BCUT2D eigenvalue weighted by atomic mass is 10.0. The minimum Gasteiger partial charge on any atom is -0.493 e. The maximum Gasteiger partial charge on any atom is 0.258 e. The molecule has 0 aliphatic carbocycles. The molecule has 0 spiro atoms. The van der Waals surface area contributed by atoms with Gasteiger partial charge in [-0.2, -0.15) is 4.40 Å². The SMILES string of the molecule is COc1ccc(-c2c3c4cc(OC)c(OC)cc4ccn3c(C)[n+]2C)cc1OC. The average molecular weight is 393 g/mol. The van der Waals surface area contributed by atoms with Crippen molar-refractivity contribution in [1.82, 2.24) is 4.40 Å². The molecule has 29 heavy (non-hydrogen) atoms. The summed E-state index contributed by atoms with van der Waals surface area (Å²) >= 11 is 0. The van der Waals surface area contributed by atoms with Gasteiger partial charge in [0.15, 0.2) is 34.2 Å².